The van der Waals surface area contributed by atoms with E-state index in [9.17, 15) is 4.39 Å². The van der Waals surface area contributed by atoms with Crippen molar-refractivity contribution in [2.24, 2.45) is 0 Å². The Labute approximate surface area is 113 Å². The molecule has 0 radical (unpaired) electrons. The third-order valence-corrected chi connectivity index (χ3v) is 3.22. The summed E-state index contributed by atoms with van der Waals surface area (Å²) in [5.41, 5.74) is 3.18. The first-order valence-corrected chi connectivity index (χ1v) is 6.63. The maximum absolute atomic E-state index is 13.0. The fraction of sp³-hybridized carbons (Fsp3) is 0.400. The second kappa shape index (κ2) is 5.87. The highest BCUT2D eigenvalue weighted by atomic mass is 19.1. The Bertz CT molecular complexity index is 561. The molecule has 19 heavy (non-hydrogen) atoms. The van der Waals surface area contributed by atoms with E-state index in [0.29, 0.717) is 0 Å². The molecule has 1 aromatic carbocycles. The highest BCUT2D eigenvalue weighted by Gasteiger charge is 2.04. The number of nitrogens with one attached hydrogen (secondary N) is 1. The van der Waals surface area contributed by atoms with E-state index in [1.165, 1.54) is 11.6 Å². The summed E-state index contributed by atoms with van der Waals surface area (Å²) >= 11 is 0. The molecule has 3 nitrogen and oxygen atoms in total. The van der Waals surface area contributed by atoms with Crippen molar-refractivity contribution in [2.45, 2.75) is 33.7 Å². The number of halogens is 1. The van der Waals surface area contributed by atoms with Crippen molar-refractivity contribution in [3.05, 3.63) is 47.0 Å². The summed E-state index contributed by atoms with van der Waals surface area (Å²) < 4.78 is 15.1. The third kappa shape index (κ3) is 3.34. The van der Waals surface area contributed by atoms with Gasteiger partial charge in [0.25, 0.3) is 0 Å². The highest BCUT2D eigenvalue weighted by Crippen LogP contribution is 2.12. The molecule has 2 rings (SSSR count). The smallest absolute Gasteiger partial charge is 0.203 e. The molecule has 0 spiro atoms. The van der Waals surface area contributed by atoms with E-state index in [1.807, 2.05) is 26.1 Å². The predicted octanol–water partition coefficient (Wildman–Crippen LogP) is 3.31. The Morgan fingerprint density at radius 1 is 1.32 bits per heavy atom. The largest absolute Gasteiger partial charge is 0.355 e. The molecule has 0 fully saturated rings. The zero-order valence-corrected chi connectivity index (χ0v) is 11.7. The van der Waals surface area contributed by atoms with Crippen LogP contribution in [0.3, 0.4) is 0 Å². The van der Waals surface area contributed by atoms with Gasteiger partial charge in [-0.3, -0.25) is 0 Å². The standard InChI is InChI=1S/C15H20FN3/c1-4-19-10-12(3)18-15(19)17-8-7-13-5-6-14(16)9-11(13)2/h5-6,9-10H,4,7-8H2,1-3H3,(H,17,18). The Hall–Kier alpha value is -1.84. The molecule has 0 aliphatic heterocycles. The minimum Gasteiger partial charge on any atom is -0.355 e. The molecule has 1 heterocycles. The predicted molar refractivity (Wildman–Crippen MR) is 76.0 cm³/mol. The van der Waals surface area contributed by atoms with Gasteiger partial charge in [0.2, 0.25) is 5.95 Å². The van der Waals surface area contributed by atoms with Crippen molar-refractivity contribution in [3.63, 3.8) is 0 Å². The molecule has 102 valence electrons. The zero-order valence-electron chi connectivity index (χ0n) is 11.7. The van der Waals surface area contributed by atoms with Crippen molar-refractivity contribution < 1.29 is 4.39 Å². The van der Waals surface area contributed by atoms with Gasteiger partial charge in [-0.2, -0.15) is 0 Å². The van der Waals surface area contributed by atoms with E-state index in [-0.39, 0.29) is 5.82 Å². The Morgan fingerprint density at radius 3 is 2.79 bits per heavy atom. The molecular formula is C15H20FN3. The van der Waals surface area contributed by atoms with E-state index in [4.69, 9.17) is 0 Å². The maximum atomic E-state index is 13.0. The molecule has 1 N–H and O–H groups in total. The molecule has 0 bridgehead atoms. The van der Waals surface area contributed by atoms with Crippen LogP contribution >= 0.6 is 0 Å². The molecule has 0 aliphatic rings. The maximum Gasteiger partial charge on any atom is 0.203 e. The van der Waals surface area contributed by atoms with Gasteiger partial charge in [-0.25, -0.2) is 9.37 Å². The van der Waals surface area contributed by atoms with Gasteiger partial charge in [0, 0.05) is 19.3 Å². The molecule has 2 aromatic rings. The number of imidazole rings is 1. The number of nitrogens with zero attached hydrogens (tertiary/aromatic N) is 2. The average Bonchev–Trinajstić information content (AvgIpc) is 2.72. The normalized spacial score (nSPS) is 10.7. The van der Waals surface area contributed by atoms with Gasteiger partial charge in [0.15, 0.2) is 0 Å². The summed E-state index contributed by atoms with van der Waals surface area (Å²) in [4.78, 5) is 4.44. The minimum atomic E-state index is -0.175. The third-order valence-electron chi connectivity index (χ3n) is 3.22. The molecule has 0 saturated heterocycles. The minimum absolute atomic E-state index is 0.175. The van der Waals surface area contributed by atoms with Crippen LogP contribution in [0.5, 0.6) is 0 Å². The van der Waals surface area contributed by atoms with Crippen molar-refractivity contribution in [1.82, 2.24) is 9.55 Å². The second-order valence-electron chi connectivity index (χ2n) is 4.74. The van der Waals surface area contributed by atoms with Crippen molar-refractivity contribution in [1.29, 1.82) is 0 Å². The molecule has 0 amide bonds. The molecular weight excluding hydrogens is 241 g/mol. The SMILES string of the molecule is CCn1cc(C)nc1NCCc1ccc(F)cc1C. The van der Waals surface area contributed by atoms with Crippen LogP contribution in [0.4, 0.5) is 10.3 Å². The van der Waals surface area contributed by atoms with Crippen LogP contribution in [0.25, 0.3) is 0 Å². The quantitative estimate of drug-likeness (QED) is 0.895. The van der Waals surface area contributed by atoms with Gasteiger partial charge < -0.3 is 9.88 Å². The van der Waals surface area contributed by atoms with E-state index >= 15 is 0 Å². The number of anilines is 1. The first-order valence-electron chi connectivity index (χ1n) is 6.63. The lowest BCUT2D eigenvalue weighted by Crippen LogP contribution is -2.10. The number of hydrogen-bond donors (Lipinski definition) is 1. The van der Waals surface area contributed by atoms with Gasteiger partial charge in [0.05, 0.1) is 5.69 Å². The van der Waals surface area contributed by atoms with E-state index in [1.54, 1.807) is 6.07 Å². The van der Waals surface area contributed by atoms with Crippen LogP contribution in [0.2, 0.25) is 0 Å². The molecule has 0 aliphatic carbocycles. The fourth-order valence-electron chi connectivity index (χ4n) is 2.18. The first-order chi connectivity index (χ1) is 9.10. The number of benzene rings is 1. The lowest BCUT2D eigenvalue weighted by Gasteiger charge is -2.09. The highest BCUT2D eigenvalue weighted by molar-refractivity contribution is 5.31. The van der Waals surface area contributed by atoms with Crippen LogP contribution in [0.15, 0.2) is 24.4 Å². The number of aromatic nitrogens is 2. The van der Waals surface area contributed by atoms with Crippen molar-refractivity contribution in [2.75, 3.05) is 11.9 Å². The Kier molecular flexibility index (Phi) is 4.20. The van der Waals surface area contributed by atoms with Crippen molar-refractivity contribution in [3.8, 4) is 0 Å². The summed E-state index contributed by atoms with van der Waals surface area (Å²) in [6.45, 7) is 7.72. The van der Waals surface area contributed by atoms with Crippen LogP contribution in [0, 0.1) is 19.7 Å². The average molecular weight is 261 g/mol. The van der Waals surface area contributed by atoms with Gasteiger partial charge in [-0.05, 0) is 50.5 Å². The van der Waals surface area contributed by atoms with Gasteiger partial charge in [0.1, 0.15) is 5.82 Å². The lowest BCUT2D eigenvalue weighted by molar-refractivity contribution is 0.625. The zero-order chi connectivity index (χ0) is 13.8. The lowest BCUT2D eigenvalue weighted by atomic mass is 10.1. The summed E-state index contributed by atoms with van der Waals surface area (Å²) in [6.07, 6.45) is 2.90. The molecule has 0 unspecified atom stereocenters. The van der Waals surface area contributed by atoms with Crippen LogP contribution < -0.4 is 5.32 Å². The topological polar surface area (TPSA) is 29.9 Å². The van der Waals surface area contributed by atoms with E-state index in [2.05, 4.69) is 21.8 Å². The fourth-order valence-corrected chi connectivity index (χ4v) is 2.18. The van der Waals surface area contributed by atoms with Crippen LogP contribution in [0.1, 0.15) is 23.7 Å². The molecule has 0 atom stereocenters. The summed E-state index contributed by atoms with van der Waals surface area (Å²) in [5.74, 6) is 0.728. The van der Waals surface area contributed by atoms with Crippen LogP contribution in [-0.2, 0) is 13.0 Å². The first kappa shape index (κ1) is 13.6. The van der Waals surface area contributed by atoms with Gasteiger partial charge >= 0.3 is 0 Å². The molecule has 4 heteroatoms. The monoisotopic (exact) mass is 261 g/mol. The second-order valence-corrected chi connectivity index (χ2v) is 4.74. The number of hydrogen-bond acceptors (Lipinski definition) is 2. The summed E-state index contributed by atoms with van der Waals surface area (Å²) in [6, 6.07) is 4.94. The summed E-state index contributed by atoms with van der Waals surface area (Å²) in [7, 11) is 0. The van der Waals surface area contributed by atoms with Crippen LogP contribution in [-0.4, -0.2) is 16.1 Å². The summed E-state index contributed by atoms with van der Waals surface area (Å²) in [5, 5.41) is 3.33. The molecule has 1 aromatic heterocycles. The number of aryl methyl sites for hydroxylation is 3. The van der Waals surface area contributed by atoms with E-state index in [0.717, 1.165) is 36.7 Å². The van der Waals surface area contributed by atoms with E-state index < -0.39 is 0 Å². The van der Waals surface area contributed by atoms with Gasteiger partial charge in [-0.1, -0.05) is 6.07 Å². The van der Waals surface area contributed by atoms with Gasteiger partial charge in [-0.15, -0.1) is 0 Å². The Morgan fingerprint density at radius 2 is 2.11 bits per heavy atom. The van der Waals surface area contributed by atoms with Crippen molar-refractivity contribution >= 4 is 5.95 Å². The Balaban J connectivity index is 1.96. The number of rotatable bonds is 5. The molecule has 0 saturated carbocycles.